The summed E-state index contributed by atoms with van der Waals surface area (Å²) in [6.07, 6.45) is 1.39. The van der Waals surface area contributed by atoms with Crippen molar-refractivity contribution in [2.24, 2.45) is 0 Å². The minimum Gasteiger partial charge on any atom is -0.508 e. The van der Waals surface area contributed by atoms with Crippen molar-refractivity contribution in [3.8, 4) is 5.75 Å². The lowest BCUT2D eigenvalue weighted by atomic mass is 10.1. The minimum absolute atomic E-state index is 0.0673. The van der Waals surface area contributed by atoms with Gasteiger partial charge in [0, 0.05) is 0 Å². The first kappa shape index (κ1) is 11.5. The van der Waals surface area contributed by atoms with E-state index in [1.807, 2.05) is 0 Å². The van der Waals surface area contributed by atoms with Crippen molar-refractivity contribution < 1.29 is 14.7 Å². The van der Waals surface area contributed by atoms with Crippen LogP contribution in [0.5, 0.6) is 5.75 Å². The molecule has 0 fully saturated rings. The highest BCUT2D eigenvalue weighted by Gasteiger charge is 2.11. The van der Waals surface area contributed by atoms with Crippen LogP contribution in [0.1, 0.15) is 12.5 Å². The smallest absolute Gasteiger partial charge is 0.255 e. The van der Waals surface area contributed by atoms with Crippen molar-refractivity contribution in [3.05, 3.63) is 35.4 Å². The molecule has 15 heavy (non-hydrogen) atoms. The molecule has 0 heterocycles. The summed E-state index contributed by atoms with van der Waals surface area (Å²) in [7, 11) is 0. The first-order valence-corrected chi connectivity index (χ1v) is 4.60. The number of carbonyl (C=O) groups is 2. The fraction of sp³-hybridized carbons (Fsp3) is 0.0909. The predicted octanol–water partition coefficient (Wildman–Crippen LogP) is 2.13. The molecule has 0 saturated heterocycles. The number of hydrogen-bond donors (Lipinski definition) is 1. The molecule has 1 N–H and O–H groups in total. The molecule has 0 radical (unpaired) electrons. The highest BCUT2D eigenvalue weighted by atomic mass is 35.5. The Bertz CT molecular complexity index is 402. The number of halogens is 1. The summed E-state index contributed by atoms with van der Waals surface area (Å²) in [5.74, 6) is -0.267. The van der Waals surface area contributed by atoms with Crippen LogP contribution in [0.3, 0.4) is 0 Å². The summed E-state index contributed by atoms with van der Waals surface area (Å²) in [5, 5.41) is 8.25. The van der Waals surface area contributed by atoms with Gasteiger partial charge in [-0.1, -0.05) is 12.1 Å². The second-order valence-corrected chi connectivity index (χ2v) is 3.32. The van der Waals surface area contributed by atoms with Crippen molar-refractivity contribution in [2.45, 2.75) is 6.92 Å². The second kappa shape index (κ2) is 4.75. The molecular formula is C11H9ClO3. The summed E-state index contributed by atoms with van der Waals surface area (Å²) in [6.45, 7) is 1.27. The van der Waals surface area contributed by atoms with Crippen molar-refractivity contribution in [1.29, 1.82) is 0 Å². The molecule has 4 heteroatoms. The van der Waals surface area contributed by atoms with E-state index in [4.69, 9.17) is 16.7 Å². The maximum atomic E-state index is 11.0. The van der Waals surface area contributed by atoms with E-state index in [0.717, 1.165) is 0 Å². The van der Waals surface area contributed by atoms with E-state index < -0.39 is 5.24 Å². The molecule has 0 bridgehead atoms. The minimum atomic E-state index is -0.782. The van der Waals surface area contributed by atoms with Crippen molar-refractivity contribution in [2.75, 3.05) is 0 Å². The van der Waals surface area contributed by atoms with E-state index in [9.17, 15) is 9.59 Å². The largest absolute Gasteiger partial charge is 0.508 e. The number of aromatic hydroxyl groups is 1. The highest BCUT2D eigenvalue weighted by Crippen LogP contribution is 2.14. The van der Waals surface area contributed by atoms with Gasteiger partial charge in [0.15, 0.2) is 5.78 Å². The lowest BCUT2D eigenvalue weighted by molar-refractivity contribution is -0.116. The Hall–Kier alpha value is -1.61. The zero-order valence-electron chi connectivity index (χ0n) is 8.03. The van der Waals surface area contributed by atoms with Gasteiger partial charge in [0.25, 0.3) is 5.24 Å². The quantitative estimate of drug-likeness (QED) is 0.370. The number of phenols is 1. The van der Waals surface area contributed by atoms with Crippen molar-refractivity contribution >= 4 is 28.7 Å². The van der Waals surface area contributed by atoms with Crippen molar-refractivity contribution in [3.63, 3.8) is 0 Å². The third-order valence-electron chi connectivity index (χ3n) is 1.80. The Morgan fingerprint density at radius 1 is 1.27 bits per heavy atom. The monoisotopic (exact) mass is 224 g/mol. The topological polar surface area (TPSA) is 54.4 Å². The molecule has 1 aromatic rings. The summed E-state index contributed by atoms with van der Waals surface area (Å²) in [4.78, 5) is 21.9. The number of allylic oxidation sites excluding steroid dienone is 1. The molecule has 0 amide bonds. The van der Waals surface area contributed by atoms with Gasteiger partial charge in [0.05, 0.1) is 5.57 Å². The van der Waals surface area contributed by atoms with Crippen LogP contribution in [0, 0.1) is 0 Å². The molecular weight excluding hydrogens is 216 g/mol. The van der Waals surface area contributed by atoms with E-state index in [0.29, 0.717) is 5.56 Å². The summed E-state index contributed by atoms with van der Waals surface area (Å²) in [6, 6.07) is 6.08. The van der Waals surface area contributed by atoms with Gasteiger partial charge in [-0.3, -0.25) is 9.59 Å². The third kappa shape index (κ3) is 3.22. The Morgan fingerprint density at radius 2 is 1.80 bits per heavy atom. The molecule has 0 aliphatic rings. The Morgan fingerprint density at radius 3 is 2.20 bits per heavy atom. The van der Waals surface area contributed by atoms with Crippen LogP contribution in [-0.4, -0.2) is 16.1 Å². The van der Waals surface area contributed by atoms with Gasteiger partial charge in [-0.15, -0.1) is 0 Å². The fourth-order valence-corrected chi connectivity index (χ4v) is 1.22. The maximum absolute atomic E-state index is 11.0. The highest BCUT2D eigenvalue weighted by molar-refractivity contribution is 6.71. The molecule has 1 rings (SSSR count). The van der Waals surface area contributed by atoms with Gasteiger partial charge in [-0.05, 0) is 42.3 Å². The summed E-state index contributed by atoms with van der Waals surface area (Å²) < 4.78 is 0. The molecule has 3 nitrogen and oxygen atoms in total. The standard InChI is InChI=1S/C11H9ClO3/c1-7(13)10(11(12)15)6-8-2-4-9(14)5-3-8/h2-6,14H,1H3. The zero-order chi connectivity index (χ0) is 11.4. The number of carbonyl (C=O) groups excluding carboxylic acids is 2. The molecule has 0 spiro atoms. The van der Waals surface area contributed by atoms with E-state index in [2.05, 4.69) is 0 Å². The van der Waals surface area contributed by atoms with E-state index >= 15 is 0 Å². The Kier molecular flexibility index (Phi) is 3.63. The molecule has 78 valence electrons. The first-order chi connectivity index (χ1) is 7.00. The van der Waals surface area contributed by atoms with E-state index in [1.54, 1.807) is 12.1 Å². The summed E-state index contributed by atoms with van der Waals surface area (Å²) >= 11 is 5.24. The number of benzene rings is 1. The van der Waals surface area contributed by atoms with Crippen LogP contribution < -0.4 is 0 Å². The molecule has 0 atom stereocenters. The van der Waals surface area contributed by atoms with E-state index in [-0.39, 0.29) is 17.1 Å². The van der Waals surface area contributed by atoms with Crippen LogP contribution in [0.25, 0.3) is 6.08 Å². The van der Waals surface area contributed by atoms with Crippen LogP contribution in [0.2, 0.25) is 0 Å². The SMILES string of the molecule is CC(=O)C(=Cc1ccc(O)cc1)C(=O)Cl. The van der Waals surface area contributed by atoms with Gasteiger partial charge in [-0.2, -0.15) is 0 Å². The van der Waals surface area contributed by atoms with E-state index in [1.165, 1.54) is 25.1 Å². The molecule has 0 saturated carbocycles. The maximum Gasteiger partial charge on any atom is 0.255 e. The predicted molar refractivity (Wildman–Crippen MR) is 57.6 cm³/mol. The Labute approximate surface area is 92.0 Å². The number of hydrogen-bond acceptors (Lipinski definition) is 3. The first-order valence-electron chi connectivity index (χ1n) is 4.22. The van der Waals surface area contributed by atoms with Crippen LogP contribution in [-0.2, 0) is 9.59 Å². The van der Waals surface area contributed by atoms with Crippen LogP contribution in [0.15, 0.2) is 29.8 Å². The van der Waals surface area contributed by atoms with Gasteiger partial charge < -0.3 is 5.11 Å². The molecule has 1 aromatic carbocycles. The normalized spacial score (nSPS) is 11.2. The Balaban J connectivity index is 3.08. The third-order valence-corrected chi connectivity index (χ3v) is 2.00. The van der Waals surface area contributed by atoms with Gasteiger partial charge >= 0.3 is 0 Å². The molecule has 0 aromatic heterocycles. The van der Waals surface area contributed by atoms with Crippen LogP contribution >= 0.6 is 11.6 Å². The summed E-state index contributed by atoms with van der Waals surface area (Å²) in [5.41, 5.74) is 0.564. The molecule has 0 aliphatic heterocycles. The second-order valence-electron chi connectivity index (χ2n) is 2.98. The van der Waals surface area contributed by atoms with Gasteiger partial charge in [0.2, 0.25) is 0 Å². The number of ketones is 1. The average molecular weight is 225 g/mol. The fourth-order valence-electron chi connectivity index (χ4n) is 1.03. The van der Waals surface area contributed by atoms with Gasteiger partial charge in [-0.25, -0.2) is 0 Å². The lowest BCUT2D eigenvalue weighted by Crippen LogP contribution is -2.03. The number of phenolic OH excluding ortho intramolecular Hbond substituents is 1. The molecule has 0 unspecified atom stereocenters. The lowest BCUT2D eigenvalue weighted by Gasteiger charge is -1.98. The average Bonchev–Trinajstić information content (AvgIpc) is 2.15. The van der Waals surface area contributed by atoms with Crippen molar-refractivity contribution in [1.82, 2.24) is 0 Å². The number of rotatable bonds is 3. The van der Waals surface area contributed by atoms with Crippen LogP contribution in [0.4, 0.5) is 0 Å². The zero-order valence-corrected chi connectivity index (χ0v) is 8.78. The molecule has 0 aliphatic carbocycles. The number of Topliss-reactive ketones (excluding diaryl/α,β-unsaturated/α-hetero) is 1. The van der Waals surface area contributed by atoms with Gasteiger partial charge in [0.1, 0.15) is 5.75 Å².